The highest BCUT2D eigenvalue weighted by Crippen LogP contribution is 2.33. The molecule has 1 atom stereocenters. The smallest absolute Gasteiger partial charge is 0.196 e. The Morgan fingerprint density at radius 2 is 2.00 bits per heavy atom. The first-order valence-corrected chi connectivity index (χ1v) is 6.23. The minimum absolute atomic E-state index is 0.286. The van der Waals surface area contributed by atoms with Gasteiger partial charge in [0, 0.05) is 13.0 Å². The third kappa shape index (κ3) is 2.91. The molecule has 0 bridgehead atoms. The minimum atomic E-state index is -1.18. The molecule has 0 aromatic heterocycles. The van der Waals surface area contributed by atoms with Crippen LogP contribution in [0.3, 0.4) is 0 Å². The van der Waals surface area contributed by atoms with Crippen molar-refractivity contribution in [2.45, 2.75) is 38.7 Å². The molecule has 1 unspecified atom stereocenters. The lowest BCUT2D eigenvalue weighted by Crippen LogP contribution is -2.35. The van der Waals surface area contributed by atoms with E-state index in [0.717, 1.165) is 12.8 Å². The zero-order valence-electron chi connectivity index (χ0n) is 10.9. The third-order valence-corrected chi connectivity index (χ3v) is 2.63. The molecular formula is C14H18N2O2. The van der Waals surface area contributed by atoms with Crippen LogP contribution in [0.4, 0.5) is 0 Å². The molecule has 0 aromatic rings. The molecule has 0 saturated heterocycles. The molecule has 1 aliphatic carbocycles. The maximum Gasteiger partial charge on any atom is 0.196 e. The van der Waals surface area contributed by atoms with Crippen LogP contribution in [-0.2, 0) is 9.47 Å². The molecule has 1 aliphatic rings. The van der Waals surface area contributed by atoms with E-state index in [1.165, 1.54) is 0 Å². The summed E-state index contributed by atoms with van der Waals surface area (Å²) in [6.07, 6.45) is 5.62. The molecule has 0 heterocycles. The topological polar surface area (TPSA) is 66.0 Å². The van der Waals surface area contributed by atoms with Crippen molar-refractivity contribution < 1.29 is 9.47 Å². The van der Waals surface area contributed by atoms with Gasteiger partial charge in [-0.3, -0.25) is 0 Å². The molecule has 0 N–H and O–H groups in total. The second-order valence-electron chi connectivity index (χ2n) is 4.09. The maximum absolute atomic E-state index is 9.36. The third-order valence-electron chi connectivity index (χ3n) is 2.63. The number of nitrogens with zero attached hydrogens (tertiary/aromatic N) is 2. The Balaban J connectivity index is 3.05. The van der Waals surface area contributed by atoms with E-state index in [-0.39, 0.29) is 5.57 Å². The predicted molar refractivity (Wildman–Crippen MR) is 67.2 cm³/mol. The molecule has 0 amide bonds. The van der Waals surface area contributed by atoms with Gasteiger partial charge in [-0.05, 0) is 18.9 Å². The van der Waals surface area contributed by atoms with Gasteiger partial charge in [0.15, 0.2) is 5.60 Å². The maximum atomic E-state index is 9.36. The molecule has 4 heteroatoms. The summed E-state index contributed by atoms with van der Waals surface area (Å²) in [7, 11) is 0. The molecule has 0 aromatic carbocycles. The van der Waals surface area contributed by atoms with Crippen LogP contribution in [-0.4, -0.2) is 18.8 Å². The van der Waals surface area contributed by atoms with Gasteiger partial charge >= 0.3 is 0 Å². The Morgan fingerprint density at radius 1 is 1.28 bits per heavy atom. The predicted octanol–water partition coefficient (Wildman–Crippen LogP) is 2.84. The molecule has 0 saturated carbocycles. The summed E-state index contributed by atoms with van der Waals surface area (Å²) in [6, 6.07) is 4.20. The number of rotatable bonds is 6. The molecular weight excluding hydrogens is 228 g/mol. The van der Waals surface area contributed by atoms with Gasteiger partial charge in [-0.2, -0.15) is 10.5 Å². The summed E-state index contributed by atoms with van der Waals surface area (Å²) in [5, 5.41) is 18.6. The van der Waals surface area contributed by atoms with Crippen LogP contribution in [0.25, 0.3) is 0 Å². The first kappa shape index (κ1) is 14.3. The van der Waals surface area contributed by atoms with E-state index >= 15 is 0 Å². The van der Waals surface area contributed by atoms with Crippen molar-refractivity contribution in [3.05, 3.63) is 23.5 Å². The highest BCUT2D eigenvalue weighted by atomic mass is 16.5. The molecule has 1 rings (SSSR count). The summed E-state index contributed by atoms with van der Waals surface area (Å²) in [4.78, 5) is 0. The van der Waals surface area contributed by atoms with Gasteiger partial charge < -0.3 is 9.47 Å². The van der Waals surface area contributed by atoms with Crippen LogP contribution in [0.1, 0.15) is 33.1 Å². The number of allylic oxidation sites excluding steroid dienone is 1. The molecule has 4 nitrogen and oxygen atoms in total. The zero-order valence-corrected chi connectivity index (χ0v) is 10.9. The van der Waals surface area contributed by atoms with Gasteiger partial charge in [-0.25, -0.2) is 0 Å². The molecule has 0 aliphatic heterocycles. The summed E-state index contributed by atoms with van der Waals surface area (Å²) in [5.41, 5.74) is -0.892. The Morgan fingerprint density at radius 3 is 2.56 bits per heavy atom. The molecule has 0 spiro atoms. The second-order valence-corrected chi connectivity index (χ2v) is 4.09. The van der Waals surface area contributed by atoms with Crippen LogP contribution in [0.15, 0.2) is 23.5 Å². The lowest BCUT2D eigenvalue weighted by Gasteiger charge is -2.28. The normalized spacial score (nSPS) is 22.4. The van der Waals surface area contributed by atoms with Crippen LogP contribution >= 0.6 is 0 Å². The highest BCUT2D eigenvalue weighted by molar-refractivity contribution is 5.47. The second kappa shape index (κ2) is 6.83. The number of hydrogen-bond donors (Lipinski definition) is 0. The summed E-state index contributed by atoms with van der Waals surface area (Å²) in [6.45, 7) is 4.94. The zero-order chi connectivity index (χ0) is 13.4. The first-order chi connectivity index (χ1) is 8.74. The lowest BCUT2D eigenvalue weighted by atomic mass is 9.87. The van der Waals surface area contributed by atoms with Crippen molar-refractivity contribution in [2.24, 2.45) is 0 Å². The average molecular weight is 246 g/mol. The summed E-state index contributed by atoms with van der Waals surface area (Å²) < 4.78 is 11.1. The van der Waals surface area contributed by atoms with Crippen molar-refractivity contribution in [1.82, 2.24) is 0 Å². The van der Waals surface area contributed by atoms with Gasteiger partial charge in [0.1, 0.15) is 23.5 Å². The number of nitriles is 2. The van der Waals surface area contributed by atoms with Crippen LogP contribution < -0.4 is 0 Å². The molecule has 0 radical (unpaired) electrons. The van der Waals surface area contributed by atoms with Crippen molar-refractivity contribution in [2.75, 3.05) is 13.2 Å². The Kier molecular flexibility index (Phi) is 5.42. The molecule has 0 fully saturated rings. The van der Waals surface area contributed by atoms with E-state index in [9.17, 15) is 10.5 Å². The minimum Gasteiger partial charge on any atom is -0.492 e. The number of ether oxygens (including phenoxy) is 2. The molecule has 96 valence electrons. The first-order valence-electron chi connectivity index (χ1n) is 6.23. The van der Waals surface area contributed by atoms with Gasteiger partial charge in [-0.1, -0.05) is 19.9 Å². The van der Waals surface area contributed by atoms with E-state index in [2.05, 4.69) is 12.1 Å². The van der Waals surface area contributed by atoms with E-state index in [1.54, 1.807) is 6.08 Å². The fourth-order valence-corrected chi connectivity index (χ4v) is 1.74. The van der Waals surface area contributed by atoms with Crippen LogP contribution in [0.2, 0.25) is 0 Å². The quantitative estimate of drug-likeness (QED) is 0.722. The fraction of sp³-hybridized carbons (Fsp3) is 0.571. The van der Waals surface area contributed by atoms with Crippen LogP contribution in [0.5, 0.6) is 0 Å². The van der Waals surface area contributed by atoms with E-state index in [4.69, 9.17) is 9.47 Å². The Hall–Kier alpha value is -1.78. The largest absolute Gasteiger partial charge is 0.492 e. The van der Waals surface area contributed by atoms with Gasteiger partial charge in [0.25, 0.3) is 0 Å². The lowest BCUT2D eigenvalue weighted by molar-refractivity contribution is 0.0246. The standard InChI is InChI=1S/C14H18N2O2/c1-3-8-17-13-6-5-7-14(11-16,12(13)10-15)18-9-4-2/h5-6H,3-4,7-9H2,1-2H3. The monoisotopic (exact) mass is 246 g/mol. The SMILES string of the molecule is CCCOC1=C(C#N)C(C#N)(OCCC)CC=C1. The number of hydrogen-bond acceptors (Lipinski definition) is 4. The van der Waals surface area contributed by atoms with Crippen molar-refractivity contribution >= 4 is 0 Å². The summed E-state index contributed by atoms with van der Waals surface area (Å²) in [5.74, 6) is 0.461. The van der Waals surface area contributed by atoms with Crippen LogP contribution in [0, 0.1) is 22.7 Å². The molecule has 18 heavy (non-hydrogen) atoms. The Bertz CT molecular complexity index is 426. The summed E-state index contributed by atoms with van der Waals surface area (Å²) >= 11 is 0. The van der Waals surface area contributed by atoms with E-state index in [0.29, 0.717) is 25.4 Å². The fourth-order valence-electron chi connectivity index (χ4n) is 1.74. The van der Waals surface area contributed by atoms with Crippen molar-refractivity contribution in [3.8, 4) is 12.1 Å². The van der Waals surface area contributed by atoms with Gasteiger partial charge in [-0.15, -0.1) is 0 Å². The van der Waals surface area contributed by atoms with Gasteiger partial charge in [0.2, 0.25) is 0 Å². The Labute approximate surface area is 108 Å². The van der Waals surface area contributed by atoms with Gasteiger partial charge in [0.05, 0.1) is 6.61 Å². The highest BCUT2D eigenvalue weighted by Gasteiger charge is 2.39. The van der Waals surface area contributed by atoms with Crippen molar-refractivity contribution in [3.63, 3.8) is 0 Å². The van der Waals surface area contributed by atoms with E-state index in [1.807, 2.05) is 19.9 Å². The average Bonchev–Trinajstić information content (AvgIpc) is 2.42. The van der Waals surface area contributed by atoms with E-state index < -0.39 is 5.60 Å². The van der Waals surface area contributed by atoms with Crippen molar-refractivity contribution in [1.29, 1.82) is 10.5 Å².